The third kappa shape index (κ3) is 6.59. The van der Waals surface area contributed by atoms with Gasteiger partial charge in [-0.25, -0.2) is 0 Å². The molecule has 8 heteroatoms. The maximum Gasteiger partial charge on any atom is 0.308 e. The highest BCUT2D eigenvalue weighted by molar-refractivity contribution is 6.74. The number of hydrogen-bond donors (Lipinski definition) is 1. The molecular formula is C26H46O6Si2. The van der Waals surface area contributed by atoms with E-state index in [0.717, 1.165) is 5.56 Å². The molecule has 1 aromatic carbocycles. The Morgan fingerprint density at radius 3 is 1.85 bits per heavy atom. The van der Waals surface area contributed by atoms with Crippen molar-refractivity contribution in [2.45, 2.75) is 115 Å². The van der Waals surface area contributed by atoms with Crippen molar-refractivity contribution < 1.29 is 28.2 Å². The first kappa shape index (κ1) is 29.2. The van der Waals surface area contributed by atoms with E-state index < -0.39 is 53.1 Å². The SMILES string of the molecule is COC(=O)C[C@H](O)[C@@H]1O[C@H](c2ccccc2)[C@@H](O[Si](C)(C)C(C)(C)C)[C@@H]1O[Si](C)(C)C(C)(C)C. The molecular weight excluding hydrogens is 464 g/mol. The maximum absolute atomic E-state index is 12.0. The quantitative estimate of drug-likeness (QED) is 0.350. The lowest BCUT2D eigenvalue weighted by atomic mass is 9.99. The highest BCUT2D eigenvalue weighted by Crippen LogP contribution is 2.47. The maximum atomic E-state index is 12.0. The van der Waals surface area contributed by atoms with Crippen molar-refractivity contribution in [2.24, 2.45) is 0 Å². The standard InChI is InChI=1S/C26H46O6Si2/c1-25(2,3)33(8,9)31-23-21(18-15-13-12-14-16-18)30-22(19(27)17-20(28)29-7)24(23)32-34(10,11)26(4,5)6/h12-16,19,21-24,27H,17H2,1-11H3/t19-,21+,22-,23+,24+/m0/s1. The Labute approximate surface area is 208 Å². The van der Waals surface area contributed by atoms with E-state index in [9.17, 15) is 9.90 Å². The summed E-state index contributed by atoms with van der Waals surface area (Å²) in [4.78, 5) is 12.0. The van der Waals surface area contributed by atoms with Crippen LogP contribution in [0.4, 0.5) is 0 Å². The molecule has 1 heterocycles. The van der Waals surface area contributed by atoms with E-state index >= 15 is 0 Å². The largest absolute Gasteiger partial charge is 0.469 e. The smallest absolute Gasteiger partial charge is 0.308 e. The predicted octanol–water partition coefficient (Wildman–Crippen LogP) is 5.83. The van der Waals surface area contributed by atoms with Gasteiger partial charge in [-0.3, -0.25) is 4.79 Å². The van der Waals surface area contributed by atoms with Gasteiger partial charge in [-0.1, -0.05) is 71.9 Å². The molecule has 0 amide bonds. The van der Waals surface area contributed by atoms with E-state index in [1.165, 1.54) is 7.11 Å². The Morgan fingerprint density at radius 2 is 1.41 bits per heavy atom. The minimum atomic E-state index is -2.27. The number of carbonyl (C=O) groups excluding carboxylic acids is 1. The van der Waals surface area contributed by atoms with Gasteiger partial charge in [0.15, 0.2) is 16.6 Å². The molecule has 0 aromatic heterocycles. The predicted molar refractivity (Wildman–Crippen MR) is 141 cm³/mol. The molecule has 1 aromatic rings. The monoisotopic (exact) mass is 510 g/mol. The van der Waals surface area contributed by atoms with Crippen LogP contribution in [0.15, 0.2) is 30.3 Å². The van der Waals surface area contributed by atoms with E-state index in [2.05, 4.69) is 67.7 Å². The van der Waals surface area contributed by atoms with E-state index in [1.54, 1.807) is 0 Å². The fraction of sp³-hybridized carbons (Fsp3) is 0.731. The molecule has 0 bridgehead atoms. The average Bonchev–Trinajstić information content (AvgIpc) is 3.03. The van der Waals surface area contributed by atoms with Crippen molar-refractivity contribution in [1.29, 1.82) is 0 Å². The van der Waals surface area contributed by atoms with Crippen molar-refractivity contribution >= 4 is 22.6 Å². The second-order valence-electron chi connectivity index (χ2n) is 12.5. The summed E-state index contributed by atoms with van der Waals surface area (Å²) >= 11 is 0. The summed E-state index contributed by atoms with van der Waals surface area (Å²) in [7, 11) is -3.18. The van der Waals surface area contributed by atoms with Crippen LogP contribution in [0.2, 0.25) is 36.3 Å². The van der Waals surface area contributed by atoms with Gasteiger partial charge in [-0.2, -0.15) is 0 Å². The molecule has 2 rings (SSSR count). The van der Waals surface area contributed by atoms with Gasteiger partial charge >= 0.3 is 5.97 Å². The summed E-state index contributed by atoms with van der Waals surface area (Å²) in [5, 5.41) is 11.1. The van der Waals surface area contributed by atoms with Gasteiger partial charge < -0.3 is 23.4 Å². The molecule has 1 saturated heterocycles. The molecule has 194 valence electrons. The molecule has 0 saturated carbocycles. The fourth-order valence-electron chi connectivity index (χ4n) is 3.57. The van der Waals surface area contributed by atoms with Crippen LogP contribution in [0.1, 0.15) is 59.6 Å². The van der Waals surface area contributed by atoms with Crippen molar-refractivity contribution in [3.05, 3.63) is 35.9 Å². The number of benzene rings is 1. The van der Waals surface area contributed by atoms with Crippen LogP contribution in [0.3, 0.4) is 0 Å². The molecule has 5 atom stereocenters. The average molecular weight is 511 g/mol. The van der Waals surface area contributed by atoms with Crippen LogP contribution in [0, 0.1) is 0 Å². The first-order valence-corrected chi connectivity index (χ1v) is 18.0. The number of ether oxygens (including phenoxy) is 2. The van der Waals surface area contributed by atoms with Gasteiger partial charge in [0.25, 0.3) is 0 Å². The summed E-state index contributed by atoms with van der Waals surface area (Å²) in [6.07, 6.45) is -3.28. The molecule has 0 aliphatic carbocycles. The van der Waals surface area contributed by atoms with Gasteiger partial charge in [-0.15, -0.1) is 0 Å². The first-order chi connectivity index (χ1) is 15.4. The molecule has 34 heavy (non-hydrogen) atoms. The van der Waals surface area contributed by atoms with Gasteiger partial charge in [0.1, 0.15) is 24.4 Å². The van der Waals surface area contributed by atoms with Crippen LogP contribution < -0.4 is 0 Å². The third-order valence-corrected chi connectivity index (χ3v) is 16.8. The minimum Gasteiger partial charge on any atom is -0.469 e. The summed E-state index contributed by atoms with van der Waals surface area (Å²) in [5.41, 5.74) is 0.975. The Bertz CT molecular complexity index is 813. The Balaban J connectivity index is 2.58. The Hall–Kier alpha value is -1.04. The molecule has 0 spiro atoms. The first-order valence-electron chi connectivity index (χ1n) is 12.2. The number of carbonyl (C=O) groups is 1. The van der Waals surface area contributed by atoms with Crippen LogP contribution in [-0.2, 0) is 23.1 Å². The van der Waals surface area contributed by atoms with Gasteiger partial charge in [0, 0.05) is 0 Å². The van der Waals surface area contributed by atoms with Crippen molar-refractivity contribution in [3.63, 3.8) is 0 Å². The molecule has 0 unspecified atom stereocenters. The van der Waals surface area contributed by atoms with Gasteiger partial charge in [-0.05, 0) is 41.8 Å². The Morgan fingerprint density at radius 1 is 0.941 bits per heavy atom. The second-order valence-corrected chi connectivity index (χ2v) is 22.0. The molecule has 1 N–H and O–H groups in total. The number of aliphatic hydroxyl groups excluding tert-OH is 1. The van der Waals surface area contributed by atoms with Gasteiger partial charge in [0.05, 0.1) is 19.6 Å². The zero-order valence-electron chi connectivity index (χ0n) is 23.0. The molecule has 1 aliphatic rings. The molecule has 0 radical (unpaired) electrons. The van der Waals surface area contributed by atoms with Crippen molar-refractivity contribution in [2.75, 3.05) is 7.11 Å². The van der Waals surface area contributed by atoms with Crippen LogP contribution >= 0.6 is 0 Å². The second kappa shape index (κ2) is 10.5. The van der Waals surface area contributed by atoms with E-state index in [4.69, 9.17) is 18.3 Å². The van der Waals surface area contributed by atoms with Crippen LogP contribution in [0.5, 0.6) is 0 Å². The van der Waals surface area contributed by atoms with E-state index in [1.807, 2.05) is 30.3 Å². The summed E-state index contributed by atoms with van der Waals surface area (Å²) in [6.45, 7) is 22.0. The molecule has 1 fully saturated rings. The Kier molecular flexibility index (Phi) is 9.04. The topological polar surface area (TPSA) is 74.2 Å². The lowest BCUT2D eigenvalue weighted by Gasteiger charge is -2.44. The van der Waals surface area contributed by atoms with Crippen LogP contribution in [-0.4, -0.2) is 59.2 Å². The summed E-state index contributed by atoms with van der Waals surface area (Å²) in [5.74, 6) is -0.479. The molecule has 1 aliphatic heterocycles. The fourth-order valence-corrected chi connectivity index (χ4v) is 6.17. The number of esters is 1. The van der Waals surface area contributed by atoms with Crippen molar-refractivity contribution in [3.8, 4) is 0 Å². The third-order valence-electron chi connectivity index (χ3n) is 7.83. The van der Waals surface area contributed by atoms with Crippen molar-refractivity contribution in [1.82, 2.24) is 0 Å². The lowest BCUT2D eigenvalue weighted by Crippen LogP contribution is -2.54. The van der Waals surface area contributed by atoms with Crippen LogP contribution in [0.25, 0.3) is 0 Å². The summed E-state index contributed by atoms with van der Waals surface area (Å²) < 4.78 is 25.3. The number of methoxy groups -OCH3 is 1. The zero-order valence-corrected chi connectivity index (χ0v) is 25.0. The van der Waals surface area contributed by atoms with E-state index in [0.29, 0.717) is 0 Å². The van der Waals surface area contributed by atoms with Gasteiger partial charge in [0.2, 0.25) is 0 Å². The minimum absolute atomic E-state index is 0.0154. The number of rotatable bonds is 8. The summed E-state index contributed by atoms with van der Waals surface area (Å²) in [6, 6.07) is 9.96. The number of aliphatic hydroxyl groups is 1. The molecule has 6 nitrogen and oxygen atoms in total. The lowest BCUT2D eigenvalue weighted by molar-refractivity contribution is -0.146. The van der Waals surface area contributed by atoms with E-state index in [-0.39, 0.29) is 16.5 Å². The normalized spacial score (nSPS) is 25.3. The zero-order chi connectivity index (χ0) is 26.1. The highest BCUT2D eigenvalue weighted by Gasteiger charge is 2.55. The highest BCUT2D eigenvalue weighted by atomic mass is 28.4. The number of hydrogen-bond acceptors (Lipinski definition) is 6.